The number of amides is 1. The van der Waals surface area contributed by atoms with Crippen LogP contribution < -0.4 is 10.2 Å². The van der Waals surface area contributed by atoms with Crippen LogP contribution in [0.25, 0.3) is 0 Å². The quantitative estimate of drug-likeness (QED) is 0.843. The fraction of sp³-hybridized carbons (Fsp3) is 0.462. The normalized spacial score (nSPS) is 18.6. The Kier molecular flexibility index (Phi) is 3.88. The number of halogens is 2. The summed E-state index contributed by atoms with van der Waals surface area (Å²) >= 11 is 0. The number of rotatable bonds is 1. The van der Waals surface area contributed by atoms with Crippen molar-refractivity contribution in [3.8, 4) is 0 Å². The highest BCUT2D eigenvalue weighted by atomic mass is 35.5. The van der Waals surface area contributed by atoms with Gasteiger partial charge in [0, 0.05) is 25.3 Å². The molecule has 0 aliphatic carbocycles. The molecule has 0 aromatic heterocycles. The van der Waals surface area contributed by atoms with Crippen LogP contribution in [0.4, 0.5) is 10.1 Å². The zero-order chi connectivity index (χ0) is 11.8. The van der Waals surface area contributed by atoms with E-state index < -0.39 is 0 Å². The molecule has 2 aliphatic heterocycles. The molecule has 1 fully saturated rings. The van der Waals surface area contributed by atoms with Gasteiger partial charge in [-0.1, -0.05) is 0 Å². The summed E-state index contributed by atoms with van der Waals surface area (Å²) in [6, 6.07) is 4.71. The average molecular weight is 271 g/mol. The van der Waals surface area contributed by atoms with Gasteiger partial charge in [0.2, 0.25) is 5.91 Å². The van der Waals surface area contributed by atoms with Gasteiger partial charge in [-0.25, -0.2) is 4.39 Å². The van der Waals surface area contributed by atoms with Crippen LogP contribution in [0.2, 0.25) is 0 Å². The van der Waals surface area contributed by atoms with Gasteiger partial charge in [0.05, 0.1) is 5.92 Å². The molecule has 5 heteroatoms. The van der Waals surface area contributed by atoms with E-state index >= 15 is 0 Å². The SMILES string of the molecule is Cl.O=C(C1CNC1)N1CCCc2cc(F)ccc21. The third-order valence-corrected chi connectivity index (χ3v) is 3.56. The Morgan fingerprint density at radius 1 is 1.39 bits per heavy atom. The lowest BCUT2D eigenvalue weighted by molar-refractivity contribution is -0.123. The molecule has 0 unspecified atom stereocenters. The molecule has 1 saturated heterocycles. The first-order valence-corrected chi connectivity index (χ1v) is 6.06. The van der Waals surface area contributed by atoms with E-state index in [1.165, 1.54) is 6.07 Å². The number of hydrogen-bond acceptors (Lipinski definition) is 2. The van der Waals surface area contributed by atoms with Crippen molar-refractivity contribution in [2.75, 3.05) is 24.5 Å². The summed E-state index contributed by atoms with van der Waals surface area (Å²) in [5.41, 5.74) is 1.85. The van der Waals surface area contributed by atoms with E-state index in [1.807, 2.05) is 4.90 Å². The molecule has 0 saturated carbocycles. The molecule has 18 heavy (non-hydrogen) atoms. The predicted octanol–water partition coefficient (Wildman–Crippen LogP) is 1.75. The first kappa shape index (κ1) is 13.3. The lowest BCUT2D eigenvalue weighted by Gasteiger charge is -2.35. The van der Waals surface area contributed by atoms with Gasteiger partial charge in [0.15, 0.2) is 0 Å². The second kappa shape index (κ2) is 5.24. The van der Waals surface area contributed by atoms with Gasteiger partial charge in [-0.3, -0.25) is 4.79 Å². The summed E-state index contributed by atoms with van der Waals surface area (Å²) in [5.74, 6) is 0.0608. The maximum atomic E-state index is 13.1. The number of carbonyl (C=O) groups is 1. The smallest absolute Gasteiger partial charge is 0.232 e. The zero-order valence-electron chi connectivity index (χ0n) is 9.99. The summed E-state index contributed by atoms with van der Waals surface area (Å²) in [6.45, 7) is 2.30. The largest absolute Gasteiger partial charge is 0.315 e. The Morgan fingerprint density at radius 2 is 2.17 bits per heavy atom. The number of carbonyl (C=O) groups excluding carboxylic acids is 1. The van der Waals surface area contributed by atoms with E-state index in [0.29, 0.717) is 0 Å². The minimum Gasteiger partial charge on any atom is -0.315 e. The second-order valence-electron chi connectivity index (χ2n) is 4.72. The standard InChI is InChI=1S/C13H15FN2O.ClH/c14-11-3-4-12-9(6-11)2-1-5-16(12)13(17)10-7-15-8-10;/h3-4,6,10,15H,1-2,5,7-8H2;1H. The lowest BCUT2D eigenvalue weighted by Crippen LogP contribution is -2.53. The Balaban J connectivity index is 0.00000120. The molecule has 0 bridgehead atoms. The monoisotopic (exact) mass is 270 g/mol. The first-order chi connectivity index (χ1) is 8.25. The van der Waals surface area contributed by atoms with Crippen LogP contribution in [0.5, 0.6) is 0 Å². The molecule has 0 spiro atoms. The van der Waals surface area contributed by atoms with Gasteiger partial charge < -0.3 is 10.2 Å². The molecule has 0 atom stereocenters. The molecule has 2 heterocycles. The molecule has 3 nitrogen and oxygen atoms in total. The van der Waals surface area contributed by atoms with Crippen molar-refractivity contribution < 1.29 is 9.18 Å². The molecular weight excluding hydrogens is 255 g/mol. The van der Waals surface area contributed by atoms with Crippen molar-refractivity contribution >= 4 is 24.0 Å². The number of benzene rings is 1. The molecule has 0 radical (unpaired) electrons. The minimum absolute atomic E-state index is 0. The van der Waals surface area contributed by atoms with Crippen LogP contribution in [0, 0.1) is 11.7 Å². The van der Waals surface area contributed by atoms with Gasteiger partial charge in [-0.2, -0.15) is 0 Å². The minimum atomic E-state index is -0.219. The number of aryl methyl sites for hydroxylation is 1. The molecular formula is C13H16ClFN2O. The number of fused-ring (bicyclic) bond motifs is 1. The topological polar surface area (TPSA) is 32.3 Å². The van der Waals surface area contributed by atoms with E-state index in [1.54, 1.807) is 12.1 Å². The van der Waals surface area contributed by atoms with Crippen LogP contribution in [-0.4, -0.2) is 25.5 Å². The molecule has 1 aromatic carbocycles. The van der Waals surface area contributed by atoms with E-state index in [0.717, 1.165) is 43.7 Å². The van der Waals surface area contributed by atoms with Crippen molar-refractivity contribution in [1.82, 2.24) is 5.32 Å². The summed E-state index contributed by atoms with van der Waals surface area (Å²) in [7, 11) is 0. The van der Waals surface area contributed by atoms with Crippen molar-refractivity contribution in [1.29, 1.82) is 0 Å². The van der Waals surface area contributed by atoms with Gasteiger partial charge in [-0.15, -0.1) is 12.4 Å². The average Bonchev–Trinajstić information content (AvgIpc) is 2.25. The van der Waals surface area contributed by atoms with E-state index in [2.05, 4.69) is 5.32 Å². The van der Waals surface area contributed by atoms with Crippen LogP contribution in [0.15, 0.2) is 18.2 Å². The Bertz CT molecular complexity index is 462. The molecule has 1 N–H and O–H groups in total. The molecule has 3 rings (SSSR count). The maximum absolute atomic E-state index is 13.1. The predicted molar refractivity (Wildman–Crippen MR) is 70.7 cm³/mol. The number of anilines is 1. The van der Waals surface area contributed by atoms with E-state index in [-0.39, 0.29) is 30.0 Å². The number of nitrogens with one attached hydrogen (secondary N) is 1. The van der Waals surface area contributed by atoms with Crippen LogP contribution in [0.1, 0.15) is 12.0 Å². The second-order valence-corrected chi connectivity index (χ2v) is 4.72. The third-order valence-electron chi connectivity index (χ3n) is 3.56. The highest BCUT2D eigenvalue weighted by Gasteiger charge is 2.32. The summed E-state index contributed by atoms with van der Waals surface area (Å²) in [4.78, 5) is 14.0. The van der Waals surface area contributed by atoms with Gasteiger partial charge >= 0.3 is 0 Å². The fourth-order valence-electron chi connectivity index (χ4n) is 2.48. The first-order valence-electron chi connectivity index (χ1n) is 6.06. The van der Waals surface area contributed by atoms with Crippen LogP contribution in [0.3, 0.4) is 0 Å². The number of nitrogens with zero attached hydrogens (tertiary/aromatic N) is 1. The van der Waals surface area contributed by atoms with Crippen molar-refractivity contribution in [2.24, 2.45) is 5.92 Å². The number of hydrogen-bond donors (Lipinski definition) is 1. The molecule has 1 amide bonds. The highest BCUT2D eigenvalue weighted by Crippen LogP contribution is 2.29. The van der Waals surface area contributed by atoms with Gasteiger partial charge in [-0.05, 0) is 36.6 Å². The molecule has 98 valence electrons. The summed E-state index contributed by atoms with van der Waals surface area (Å²) in [5, 5.41) is 3.11. The zero-order valence-corrected chi connectivity index (χ0v) is 10.8. The Labute approximate surface area is 112 Å². The van der Waals surface area contributed by atoms with E-state index in [4.69, 9.17) is 0 Å². The third kappa shape index (κ3) is 2.22. The fourth-order valence-corrected chi connectivity index (χ4v) is 2.48. The van der Waals surface area contributed by atoms with Crippen molar-refractivity contribution in [3.05, 3.63) is 29.6 Å². The molecule has 2 aliphatic rings. The Hall–Kier alpha value is -1.13. The van der Waals surface area contributed by atoms with Crippen LogP contribution in [-0.2, 0) is 11.2 Å². The molecule has 1 aromatic rings. The van der Waals surface area contributed by atoms with E-state index in [9.17, 15) is 9.18 Å². The summed E-state index contributed by atoms with van der Waals surface area (Å²) < 4.78 is 13.1. The van der Waals surface area contributed by atoms with Crippen LogP contribution >= 0.6 is 12.4 Å². The van der Waals surface area contributed by atoms with Crippen molar-refractivity contribution in [2.45, 2.75) is 12.8 Å². The van der Waals surface area contributed by atoms with Gasteiger partial charge in [0.25, 0.3) is 0 Å². The highest BCUT2D eigenvalue weighted by molar-refractivity contribution is 5.97. The Morgan fingerprint density at radius 3 is 2.83 bits per heavy atom. The summed E-state index contributed by atoms with van der Waals surface area (Å²) in [6.07, 6.45) is 1.78. The lowest BCUT2D eigenvalue weighted by atomic mass is 9.97. The van der Waals surface area contributed by atoms with Crippen molar-refractivity contribution in [3.63, 3.8) is 0 Å². The van der Waals surface area contributed by atoms with Gasteiger partial charge in [0.1, 0.15) is 5.82 Å². The maximum Gasteiger partial charge on any atom is 0.232 e.